The quantitative estimate of drug-likeness (QED) is 0.925. The molecule has 1 heterocycles. The Morgan fingerprint density at radius 1 is 1.45 bits per heavy atom. The third kappa shape index (κ3) is 3.13. The van der Waals surface area contributed by atoms with E-state index in [-0.39, 0.29) is 11.7 Å². The fraction of sp³-hybridized carbons (Fsp3) is 0.462. The molecule has 1 unspecified atom stereocenters. The molecule has 1 aromatic rings. The molecule has 0 radical (unpaired) electrons. The summed E-state index contributed by atoms with van der Waals surface area (Å²) in [5.41, 5.74) is 0.500. The monoisotopic (exact) mass is 316 g/mol. The molecule has 1 amide bonds. The highest BCUT2D eigenvalue weighted by Gasteiger charge is 2.37. The summed E-state index contributed by atoms with van der Waals surface area (Å²) in [6.07, 6.45) is 1.23. The van der Waals surface area contributed by atoms with E-state index in [1.165, 1.54) is 4.31 Å². The van der Waals surface area contributed by atoms with Gasteiger partial charge >= 0.3 is 0 Å². The van der Waals surface area contributed by atoms with Crippen molar-refractivity contribution in [2.24, 2.45) is 0 Å². The van der Waals surface area contributed by atoms with Gasteiger partial charge in [0.1, 0.15) is 6.04 Å². The first-order valence-corrected chi connectivity index (χ1v) is 8.49. The number of benzene rings is 1. The summed E-state index contributed by atoms with van der Waals surface area (Å²) < 4.78 is 25.2. The van der Waals surface area contributed by atoms with Gasteiger partial charge in [-0.1, -0.05) is 23.7 Å². The largest absolute Gasteiger partial charge is 0.323 e. The van der Waals surface area contributed by atoms with Gasteiger partial charge in [0, 0.05) is 6.54 Å². The van der Waals surface area contributed by atoms with Crippen LogP contribution in [0.1, 0.15) is 19.8 Å². The van der Waals surface area contributed by atoms with Gasteiger partial charge in [-0.2, -0.15) is 4.31 Å². The molecule has 1 aliphatic heterocycles. The van der Waals surface area contributed by atoms with E-state index in [4.69, 9.17) is 11.6 Å². The predicted molar refractivity (Wildman–Crippen MR) is 79.3 cm³/mol. The van der Waals surface area contributed by atoms with Crippen LogP contribution in [0.15, 0.2) is 24.3 Å². The summed E-state index contributed by atoms with van der Waals surface area (Å²) in [5, 5.41) is 3.14. The number of sulfonamides is 1. The zero-order valence-corrected chi connectivity index (χ0v) is 12.7. The summed E-state index contributed by atoms with van der Waals surface area (Å²) >= 11 is 5.98. The van der Waals surface area contributed by atoms with Gasteiger partial charge in [-0.05, 0) is 31.9 Å². The second kappa shape index (κ2) is 6.11. The number of carbonyl (C=O) groups excluding carboxylic acids is 1. The van der Waals surface area contributed by atoms with Gasteiger partial charge in [0.2, 0.25) is 15.9 Å². The summed E-state index contributed by atoms with van der Waals surface area (Å²) in [5.74, 6) is -0.323. The molecule has 7 heteroatoms. The zero-order chi connectivity index (χ0) is 14.8. The third-order valence-corrected chi connectivity index (χ3v) is 5.57. The number of hydrogen-bond donors (Lipinski definition) is 1. The predicted octanol–water partition coefficient (Wildman–Crippen LogP) is 2.09. The lowest BCUT2D eigenvalue weighted by atomic mass is 10.2. The van der Waals surface area contributed by atoms with Crippen LogP contribution in [0.4, 0.5) is 5.69 Å². The van der Waals surface area contributed by atoms with Crippen LogP contribution in [-0.2, 0) is 14.8 Å². The SMILES string of the molecule is CCS(=O)(=O)N1CCCC1C(=O)Nc1ccccc1Cl. The Labute approximate surface area is 124 Å². The van der Waals surface area contributed by atoms with Crippen LogP contribution in [0.5, 0.6) is 0 Å². The van der Waals surface area contributed by atoms with Crippen LogP contribution in [0, 0.1) is 0 Å². The van der Waals surface area contributed by atoms with Crippen molar-refractivity contribution >= 4 is 33.2 Å². The van der Waals surface area contributed by atoms with Gasteiger partial charge in [0.05, 0.1) is 16.5 Å². The zero-order valence-electron chi connectivity index (χ0n) is 11.2. The maximum Gasteiger partial charge on any atom is 0.242 e. The van der Waals surface area contributed by atoms with Crippen LogP contribution < -0.4 is 5.32 Å². The lowest BCUT2D eigenvalue weighted by molar-refractivity contribution is -0.119. The van der Waals surface area contributed by atoms with Gasteiger partial charge in [0.25, 0.3) is 0 Å². The fourth-order valence-corrected chi connectivity index (χ4v) is 3.79. The van der Waals surface area contributed by atoms with Crippen LogP contribution in [0.3, 0.4) is 0 Å². The minimum Gasteiger partial charge on any atom is -0.323 e. The van der Waals surface area contributed by atoms with Gasteiger partial charge < -0.3 is 5.32 Å². The van der Waals surface area contributed by atoms with Crippen LogP contribution >= 0.6 is 11.6 Å². The molecule has 1 aromatic carbocycles. The van der Waals surface area contributed by atoms with Crippen molar-refractivity contribution in [3.8, 4) is 0 Å². The van der Waals surface area contributed by atoms with Crippen molar-refractivity contribution in [1.29, 1.82) is 0 Å². The number of nitrogens with zero attached hydrogens (tertiary/aromatic N) is 1. The van der Waals surface area contributed by atoms with E-state index in [1.54, 1.807) is 31.2 Å². The molecule has 0 bridgehead atoms. The molecule has 110 valence electrons. The third-order valence-electron chi connectivity index (χ3n) is 3.36. The summed E-state index contributed by atoms with van der Waals surface area (Å²) in [4.78, 5) is 12.3. The molecule has 0 aliphatic carbocycles. The maximum atomic E-state index is 12.3. The Balaban J connectivity index is 2.15. The Morgan fingerprint density at radius 3 is 2.80 bits per heavy atom. The molecule has 5 nitrogen and oxygen atoms in total. The van der Waals surface area contributed by atoms with Gasteiger partial charge in [-0.3, -0.25) is 4.79 Å². The van der Waals surface area contributed by atoms with Crippen molar-refractivity contribution in [3.63, 3.8) is 0 Å². The standard InChI is InChI=1S/C13H17ClN2O3S/c1-2-20(18,19)16-9-5-8-12(16)13(17)15-11-7-4-3-6-10(11)14/h3-4,6-7,12H,2,5,8-9H2,1H3,(H,15,17). The van der Waals surface area contributed by atoms with Crippen LogP contribution in [0.25, 0.3) is 0 Å². The van der Waals surface area contributed by atoms with Crippen LogP contribution in [0.2, 0.25) is 5.02 Å². The highest BCUT2D eigenvalue weighted by atomic mass is 35.5. The second-order valence-electron chi connectivity index (χ2n) is 4.64. The first kappa shape index (κ1) is 15.3. The Morgan fingerprint density at radius 2 is 2.15 bits per heavy atom. The number of para-hydroxylation sites is 1. The molecule has 1 N–H and O–H groups in total. The minimum atomic E-state index is -3.35. The first-order valence-electron chi connectivity index (χ1n) is 6.50. The molecule has 2 rings (SSSR count). The minimum absolute atomic E-state index is 0.00285. The number of rotatable bonds is 4. The second-order valence-corrected chi connectivity index (χ2v) is 7.26. The average Bonchev–Trinajstić information content (AvgIpc) is 2.91. The molecule has 0 saturated carbocycles. The average molecular weight is 317 g/mol. The first-order chi connectivity index (χ1) is 9.45. The van der Waals surface area contributed by atoms with Crippen molar-refractivity contribution in [1.82, 2.24) is 4.31 Å². The van der Waals surface area contributed by atoms with Gasteiger partial charge in [-0.25, -0.2) is 8.42 Å². The van der Waals surface area contributed by atoms with Gasteiger partial charge in [-0.15, -0.1) is 0 Å². The van der Waals surface area contributed by atoms with E-state index in [1.807, 2.05) is 0 Å². The number of carbonyl (C=O) groups is 1. The Hall–Kier alpha value is -1.11. The molecular formula is C13H17ClN2O3S. The number of amides is 1. The molecule has 20 heavy (non-hydrogen) atoms. The van der Waals surface area contributed by atoms with Gasteiger partial charge in [0.15, 0.2) is 0 Å². The van der Waals surface area contributed by atoms with E-state index in [0.717, 1.165) is 0 Å². The van der Waals surface area contributed by atoms with Crippen molar-refractivity contribution in [2.45, 2.75) is 25.8 Å². The van der Waals surface area contributed by atoms with E-state index in [9.17, 15) is 13.2 Å². The highest BCUT2D eigenvalue weighted by Crippen LogP contribution is 2.25. The summed E-state index contributed by atoms with van der Waals surface area (Å²) in [7, 11) is -3.35. The molecule has 1 atom stereocenters. The smallest absolute Gasteiger partial charge is 0.242 e. The fourth-order valence-electron chi connectivity index (χ4n) is 2.28. The summed E-state index contributed by atoms with van der Waals surface area (Å²) in [6.45, 7) is 1.98. The number of halogens is 1. The van der Waals surface area contributed by atoms with E-state index < -0.39 is 16.1 Å². The van der Waals surface area contributed by atoms with E-state index >= 15 is 0 Å². The molecular weight excluding hydrogens is 300 g/mol. The van der Waals surface area contributed by atoms with Crippen molar-refractivity contribution in [3.05, 3.63) is 29.3 Å². The molecule has 1 aliphatic rings. The van der Waals surface area contributed by atoms with Crippen molar-refractivity contribution in [2.75, 3.05) is 17.6 Å². The van der Waals surface area contributed by atoms with E-state index in [2.05, 4.69) is 5.32 Å². The van der Waals surface area contributed by atoms with Crippen molar-refractivity contribution < 1.29 is 13.2 Å². The number of hydrogen-bond acceptors (Lipinski definition) is 3. The molecule has 1 fully saturated rings. The highest BCUT2D eigenvalue weighted by molar-refractivity contribution is 7.89. The lowest BCUT2D eigenvalue weighted by Gasteiger charge is -2.22. The lowest BCUT2D eigenvalue weighted by Crippen LogP contribution is -2.43. The Bertz CT molecular complexity index is 603. The Kier molecular flexibility index (Phi) is 4.67. The number of anilines is 1. The molecule has 1 saturated heterocycles. The number of nitrogens with one attached hydrogen (secondary N) is 1. The van der Waals surface area contributed by atoms with E-state index in [0.29, 0.717) is 30.1 Å². The topological polar surface area (TPSA) is 66.5 Å². The summed E-state index contributed by atoms with van der Waals surface area (Å²) in [6, 6.07) is 6.24. The molecule has 0 spiro atoms. The normalized spacial score (nSPS) is 20.0. The maximum absolute atomic E-state index is 12.3. The van der Waals surface area contributed by atoms with Crippen LogP contribution in [-0.4, -0.2) is 37.0 Å². The molecule has 0 aromatic heterocycles.